The van der Waals surface area contributed by atoms with E-state index in [2.05, 4.69) is 5.32 Å². The van der Waals surface area contributed by atoms with Crippen LogP contribution in [-0.4, -0.2) is 23.2 Å². The predicted octanol–water partition coefficient (Wildman–Crippen LogP) is 0.212. The summed E-state index contributed by atoms with van der Waals surface area (Å²) < 4.78 is 0. The molecule has 0 aliphatic carbocycles. The average Bonchev–Trinajstić information content (AvgIpc) is 2.44. The normalized spacial score (nSPS) is 44.2. The lowest BCUT2D eigenvalue weighted by atomic mass is 9.89. The van der Waals surface area contributed by atoms with Gasteiger partial charge in [-0.05, 0) is 19.3 Å². The summed E-state index contributed by atoms with van der Waals surface area (Å²) >= 11 is 0. The Morgan fingerprint density at radius 1 is 1.50 bits per heavy atom. The van der Waals surface area contributed by atoms with Crippen LogP contribution in [0.2, 0.25) is 0 Å². The molecule has 2 fully saturated rings. The zero-order chi connectivity index (χ0) is 7.14. The molecule has 10 heavy (non-hydrogen) atoms. The van der Waals surface area contributed by atoms with Gasteiger partial charge < -0.3 is 10.4 Å². The van der Waals surface area contributed by atoms with Gasteiger partial charge in [-0.1, -0.05) is 0 Å². The van der Waals surface area contributed by atoms with Crippen LogP contribution in [0.25, 0.3) is 0 Å². The maximum atomic E-state index is 10.6. The first kappa shape index (κ1) is 6.16. The van der Waals surface area contributed by atoms with Crippen LogP contribution in [0.15, 0.2) is 0 Å². The summed E-state index contributed by atoms with van der Waals surface area (Å²) in [6.07, 6.45) is 3.08. The van der Waals surface area contributed by atoms with E-state index in [9.17, 15) is 4.79 Å². The summed E-state index contributed by atoms with van der Waals surface area (Å²) in [6, 6.07) is 0.786. The highest BCUT2D eigenvalue weighted by molar-refractivity contribution is 5.71. The molecule has 0 radical (unpaired) electrons. The van der Waals surface area contributed by atoms with Crippen LogP contribution in [0.3, 0.4) is 0 Å². The van der Waals surface area contributed by atoms with E-state index < -0.39 is 5.97 Å². The van der Waals surface area contributed by atoms with Gasteiger partial charge in [0.25, 0.3) is 0 Å². The van der Waals surface area contributed by atoms with Gasteiger partial charge in [-0.3, -0.25) is 4.79 Å². The van der Waals surface area contributed by atoms with Crippen molar-refractivity contribution in [3.8, 4) is 0 Å². The molecule has 2 saturated heterocycles. The molecule has 2 heterocycles. The predicted molar refractivity (Wildman–Crippen MR) is 35.7 cm³/mol. The van der Waals surface area contributed by atoms with Gasteiger partial charge in [0, 0.05) is 12.1 Å². The van der Waals surface area contributed by atoms with Crippen LogP contribution in [0, 0.1) is 5.92 Å². The Balaban J connectivity index is 2.08. The number of fused-ring (bicyclic) bond motifs is 2. The molecule has 0 spiro atoms. The van der Waals surface area contributed by atoms with Gasteiger partial charge in [-0.15, -0.1) is 0 Å². The topological polar surface area (TPSA) is 49.3 Å². The van der Waals surface area contributed by atoms with E-state index in [1.807, 2.05) is 0 Å². The number of aliphatic carboxylic acids is 1. The molecule has 3 atom stereocenters. The lowest BCUT2D eigenvalue weighted by Crippen LogP contribution is -2.28. The van der Waals surface area contributed by atoms with E-state index in [4.69, 9.17) is 5.11 Å². The van der Waals surface area contributed by atoms with Crippen LogP contribution >= 0.6 is 0 Å². The molecule has 2 aliphatic heterocycles. The molecule has 0 unspecified atom stereocenters. The Morgan fingerprint density at radius 3 is 2.60 bits per heavy atom. The van der Waals surface area contributed by atoms with E-state index in [0.717, 1.165) is 12.8 Å². The smallest absolute Gasteiger partial charge is 0.308 e. The van der Waals surface area contributed by atoms with Gasteiger partial charge in [0.2, 0.25) is 0 Å². The van der Waals surface area contributed by atoms with Crippen molar-refractivity contribution in [2.75, 3.05) is 0 Å². The molecule has 2 bridgehead atoms. The van der Waals surface area contributed by atoms with Crippen molar-refractivity contribution in [1.82, 2.24) is 5.32 Å². The second-order valence-corrected chi connectivity index (χ2v) is 3.23. The number of carboxylic acids is 1. The third-order valence-corrected chi connectivity index (χ3v) is 2.62. The number of rotatable bonds is 1. The minimum Gasteiger partial charge on any atom is -0.481 e. The van der Waals surface area contributed by atoms with Gasteiger partial charge in [0.05, 0.1) is 5.92 Å². The molecule has 2 aliphatic rings. The fraction of sp³-hybridized carbons (Fsp3) is 0.857. The molecular formula is C7H11NO2. The van der Waals surface area contributed by atoms with Gasteiger partial charge in [0.15, 0.2) is 0 Å². The summed E-state index contributed by atoms with van der Waals surface area (Å²) in [4.78, 5) is 10.6. The Kier molecular flexibility index (Phi) is 1.20. The molecule has 56 valence electrons. The Bertz CT molecular complexity index is 169. The highest BCUT2D eigenvalue weighted by Gasteiger charge is 2.42. The quantitative estimate of drug-likeness (QED) is 0.549. The van der Waals surface area contributed by atoms with Gasteiger partial charge >= 0.3 is 5.97 Å². The lowest BCUT2D eigenvalue weighted by Gasteiger charge is -2.14. The molecule has 2 rings (SSSR count). The summed E-state index contributed by atoms with van der Waals surface area (Å²) in [5, 5.41) is 12.0. The summed E-state index contributed by atoms with van der Waals surface area (Å²) in [7, 11) is 0. The molecule has 0 aromatic carbocycles. The third-order valence-electron chi connectivity index (χ3n) is 2.62. The van der Waals surface area contributed by atoms with Crippen molar-refractivity contribution in [1.29, 1.82) is 0 Å². The molecule has 0 aromatic rings. The first-order chi connectivity index (χ1) is 4.77. The minimum atomic E-state index is -0.625. The van der Waals surface area contributed by atoms with E-state index in [-0.39, 0.29) is 12.0 Å². The highest BCUT2D eigenvalue weighted by atomic mass is 16.4. The maximum absolute atomic E-state index is 10.6. The van der Waals surface area contributed by atoms with Crippen molar-refractivity contribution in [2.45, 2.75) is 31.3 Å². The monoisotopic (exact) mass is 141 g/mol. The molecule has 3 heteroatoms. The average molecular weight is 141 g/mol. The van der Waals surface area contributed by atoms with E-state index in [1.165, 1.54) is 6.42 Å². The lowest BCUT2D eigenvalue weighted by molar-refractivity contribution is -0.142. The first-order valence-electron chi connectivity index (χ1n) is 3.76. The number of carboxylic acid groups (broad SMARTS) is 1. The summed E-state index contributed by atoms with van der Waals surface area (Å²) in [5.41, 5.74) is 0. The van der Waals surface area contributed by atoms with Crippen molar-refractivity contribution >= 4 is 5.97 Å². The molecular weight excluding hydrogens is 130 g/mol. The molecule has 0 aromatic heterocycles. The number of hydrogen-bond donors (Lipinski definition) is 2. The second kappa shape index (κ2) is 1.95. The second-order valence-electron chi connectivity index (χ2n) is 3.23. The van der Waals surface area contributed by atoms with Crippen molar-refractivity contribution in [3.63, 3.8) is 0 Å². The first-order valence-corrected chi connectivity index (χ1v) is 3.76. The fourth-order valence-corrected chi connectivity index (χ4v) is 2.10. The molecule has 0 saturated carbocycles. The Labute approximate surface area is 59.4 Å². The van der Waals surface area contributed by atoms with Crippen molar-refractivity contribution < 1.29 is 9.90 Å². The van der Waals surface area contributed by atoms with Crippen LogP contribution < -0.4 is 5.32 Å². The minimum absolute atomic E-state index is 0.0984. The Hall–Kier alpha value is -0.570. The standard InChI is InChI=1S/C7H11NO2/c9-7(10)5-3-4-1-2-6(5)8-4/h4-6,8H,1-3H2,(H,9,10)/t4-,5-,6+/m0/s1. The molecule has 3 nitrogen and oxygen atoms in total. The highest BCUT2D eigenvalue weighted by Crippen LogP contribution is 2.32. The maximum Gasteiger partial charge on any atom is 0.308 e. The third kappa shape index (κ3) is 0.736. The summed E-state index contributed by atoms with van der Waals surface area (Å²) in [5.74, 6) is -0.724. The van der Waals surface area contributed by atoms with Gasteiger partial charge in [0.1, 0.15) is 0 Å². The SMILES string of the molecule is O=C(O)[C@H]1C[C@@H]2CC[C@H]1N2. The van der Waals surface area contributed by atoms with Crippen molar-refractivity contribution in [2.24, 2.45) is 5.92 Å². The zero-order valence-electron chi connectivity index (χ0n) is 5.71. The largest absolute Gasteiger partial charge is 0.481 e. The van der Waals surface area contributed by atoms with Gasteiger partial charge in [-0.25, -0.2) is 0 Å². The van der Waals surface area contributed by atoms with E-state index in [1.54, 1.807) is 0 Å². The zero-order valence-corrected chi connectivity index (χ0v) is 5.71. The van der Waals surface area contributed by atoms with Gasteiger partial charge in [-0.2, -0.15) is 0 Å². The van der Waals surface area contributed by atoms with Crippen LogP contribution in [-0.2, 0) is 4.79 Å². The fourth-order valence-electron chi connectivity index (χ4n) is 2.10. The Morgan fingerprint density at radius 2 is 2.30 bits per heavy atom. The van der Waals surface area contributed by atoms with E-state index >= 15 is 0 Å². The number of carbonyl (C=O) groups is 1. The molecule has 0 amide bonds. The van der Waals surface area contributed by atoms with Crippen molar-refractivity contribution in [3.05, 3.63) is 0 Å². The molecule has 2 N–H and O–H groups in total. The number of nitrogens with one attached hydrogen (secondary N) is 1. The van der Waals surface area contributed by atoms with Crippen LogP contribution in [0.4, 0.5) is 0 Å². The number of hydrogen-bond acceptors (Lipinski definition) is 2. The van der Waals surface area contributed by atoms with E-state index in [0.29, 0.717) is 6.04 Å². The summed E-state index contributed by atoms with van der Waals surface area (Å²) in [6.45, 7) is 0. The van der Waals surface area contributed by atoms with Crippen LogP contribution in [0.5, 0.6) is 0 Å². The van der Waals surface area contributed by atoms with Crippen LogP contribution in [0.1, 0.15) is 19.3 Å².